The zero-order valence-corrected chi connectivity index (χ0v) is 20.7. The molecule has 4 rings (SSSR count). The smallest absolute Gasteiger partial charge is 0.232 e. The third-order valence-corrected chi connectivity index (χ3v) is 7.63. The van der Waals surface area contributed by atoms with E-state index in [0.29, 0.717) is 12.3 Å². The Morgan fingerprint density at radius 3 is 2.21 bits per heavy atom. The van der Waals surface area contributed by atoms with Crippen molar-refractivity contribution in [2.75, 3.05) is 13.1 Å². The van der Waals surface area contributed by atoms with Crippen LogP contribution in [0.25, 0.3) is 0 Å². The average Bonchev–Trinajstić information content (AvgIpc) is 3.30. The molecule has 180 valence electrons. The summed E-state index contributed by atoms with van der Waals surface area (Å²) >= 11 is 0. The molecule has 1 heterocycles. The van der Waals surface area contributed by atoms with E-state index < -0.39 is 5.41 Å². The van der Waals surface area contributed by atoms with Crippen molar-refractivity contribution < 1.29 is 9.53 Å². The maximum atomic E-state index is 13.1. The first kappa shape index (κ1) is 24.3. The van der Waals surface area contributed by atoms with E-state index in [0.717, 1.165) is 49.2 Å². The Morgan fingerprint density at radius 2 is 1.65 bits per heavy atom. The fraction of sp³-hybridized carbons (Fsp3) is 0.433. The van der Waals surface area contributed by atoms with Crippen LogP contribution in [-0.2, 0) is 14.9 Å². The van der Waals surface area contributed by atoms with E-state index in [4.69, 9.17) is 10.5 Å². The van der Waals surface area contributed by atoms with Gasteiger partial charge in [-0.3, -0.25) is 9.69 Å². The van der Waals surface area contributed by atoms with Gasteiger partial charge in [-0.2, -0.15) is 0 Å². The van der Waals surface area contributed by atoms with Crippen LogP contribution in [0.5, 0.6) is 0 Å². The minimum absolute atomic E-state index is 0.0868. The van der Waals surface area contributed by atoms with Gasteiger partial charge < -0.3 is 10.5 Å². The zero-order chi connectivity index (χ0) is 24.2. The van der Waals surface area contributed by atoms with Gasteiger partial charge in [0, 0.05) is 25.0 Å². The second kappa shape index (κ2) is 10.2. The fourth-order valence-corrected chi connectivity index (χ4v) is 5.44. The van der Waals surface area contributed by atoms with Crippen molar-refractivity contribution in [2.24, 2.45) is 11.7 Å². The zero-order valence-electron chi connectivity index (χ0n) is 20.7. The molecule has 1 aliphatic heterocycles. The average molecular weight is 459 g/mol. The molecule has 1 saturated heterocycles. The van der Waals surface area contributed by atoms with Crippen molar-refractivity contribution in [3.05, 3.63) is 95.8 Å². The van der Waals surface area contributed by atoms with Crippen LogP contribution in [0.2, 0.25) is 0 Å². The van der Waals surface area contributed by atoms with Gasteiger partial charge in [0.15, 0.2) is 0 Å². The lowest BCUT2D eigenvalue weighted by atomic mass is 9.69. The highest BCUT2D eigenvalue weighted by Crippen LogP contribution is 2.40. The van der Waals surface area contributed by atoms with Crippen LogP contribution >= 0.6 is 0 Å². The van der Waals surface area contributed by atoms with Gasteiger partial charge in [0.1, 0.15) is 6.10 Å². The van der Waals surface area contributed by atoms with Crippen LogP contribution in [0.15, 0.2) is 84.7 Å². The summed E-state index contributed by atoms with van der Waals surface area (Å²) in [7, 11) is 0. The molecular formula is C30H38N2O2. The molecule has 0 saturated carbocycles. The van der Waals surface area contributed by atoms with E-state index in [2.05, 4.69) is 43.9 Å². The van der Waals surface area contributed by atoms with Crippen LogP contribution in [0, 0.1) is 5.92 Å². The van der Waals surface area contributed by atoms with Gasteiger partial charge in [0.2, 0.25) is 5.91 Å². The summed E-state index contributed by atoms with van der Waals surface area (Å²) in [6, 6.07) is 20.0. The number of hydrogen-bond donors (Lipinski definition) is 1. The van der Waals surface area contributed by atoms with Gasteiger partial charge in [0.05, 0.1) is 11.2 Å². The predicted octanol–water partition coefficient (Wildman–Crippen LogP) is 5.59. The van der Waals surface area contributed by atoms with Crippen molar-refractivity contribution >= 4 is 5.91 Å². The molecule has 1 unspecified atom stereocenters. The van der Waals surface area contributed by atoms with Crippen LogP contribution in [-0.4, -0.2) is 35.5 Å². The number of ether oxygens (including phenoxy) is 1. The van der Waals surface area contributed by atoms with Gasteiger partial charge >= 0.3 is 0 Å². The van der Waals surface area contributed by atoms with Crippen LogP contribution in [0.1, 0.15) is 57.6 Å². The van der Waals surface area contributed by atoms with E-state index in [1.54, 1.807) is 0 Å². The SMILES string of the molecule is CC1C=CC=C(O[C@H]2CCN(C(C)(C)CCC(C(N)=O)(c3ccccc3)c3ccccc3)C2)C1. The highest BCUT2D eigenvalue weighted by molar-refractivity contribution is 5.90. The fourth-order valence-electron chi connectivity index (χ4n) is 5.44. The standard InChI is InChI=1S/C30H38N2O2/c1-23-11-10-16-26(21-23)34-27-17-20-32(22-27)29(2,3)18-19-30(28(31)33,24-12-6-4-7-13-24)25-14-8-5-9-15-25/h4-16,23,27H,17-22H2,1-3H3,(H2,31,33)/t23?,27-/m0/s1. The van der Waals surface area contributed by atoms with Crippen molar-refractivity contribution in [2.45, 2.75) is 63.5 Å². The Labute approximate surface area is 204 Å². The molecule has 1 amide bonds. The summed E-state index contributed by atoms with van der Waals surface area (Å²) in [5, 5.41) is 0. The second-order valence-electron chi connectivity index (χ2n) is 10.5. The molecule has 0 bridgehead atoms. The van der Waals surface area contributed by atoms with E-state index >= 15 is 0 Å². The van der Waals surface area contributed by atoms with Gasteiger partial charge in [-0.1, -0.05) is 79.7 Å². The van der Waals surface area contributed by atoms with E-state index in [1.165, 1.54) is 0 Å². The topological polar surface area (TPSA) is 55.6 Å². The quantitative estimate of drug-likeness (QED) is 0.533. The molecule has 4 nitrogen and oxygen atoms in total. The molecule has 34 heavy (non-hydrogen) atoms. The molecule has 0 aromatic heterocycles. The van der Waals surface area contributed by atoms with Crippen molar-refractivity contribution in [1.82, 2.24) is 4.90 Å². The normalized spacial score (nSPS) is 21.3. The number of primary amides is 1. The first-order chi connectivity index (χ1) is 16.3. The monoisotopic (exact) mass is 458 g/mol. The molecule has 2 N–H and O–H groups in total. The Bertz CT molecular complexity index is 987. The van der Waals surface area contributed by atoms with E-state index in [1.807, 2.05) is 60.7 Å². The lowest BCUT2D eigenvalue weighted by Crippen LogP contribution is -2.47. The molecule has 1 fully saturated rings. The predicted molar refractivity (Wildman–Crippen MR) is 138 cm³/mol. The maximum absolute atomic E-state index is 13.1. The van der Waals surface area contributed by atoms with Crippen molar-refractivity contribution in [3.63, 3.8) is 0 Å². The Balaban J connectivity index is 1.50. The Kier molecular flexibility index (Phi) is 7.27. The number of amides is 1. The summed E-state index contributed by atoms with van der Waals surface area (Å²) in [5.41, 5.74) is 7.14. The summed E-state index contributed by atoms with van der Waals surface area (Å²) < 4.78 is 6.36. The van der Waals surface area contributed by atoms with Gasteiger partial charge in [-0.25, -0.2) is 0 Å². The minimum atomic E-state index is -0.856. The summed E-state index contributed by atoms with van der Waals surface area (Å²) in [6.07, 6.45) is 10.2. The molecule has 4 heteroatoms. The molecule has 2 aromatic carbocycles. The molecule has 0 radical (unpaired) electrons. The molecule has 2 atom stereocenters. The summed E-state index contributed by atoms with van der Waals surface area (Å²) in [5.74, 6) is 1.34. The molecule has 0 spiro atoms. The number of carbonyl (C=O) groups is 1. The first-order valence-electron chi connectivity index (χ1n) is 12.5. The number of nitrogens with two attached hydrogens (primary N) is 1. The lowest BCUT2D eigenvalue weighted by Gasteiger charge is -2.40. The van der Waals surface area contributed by atoms with Crippen LogP contribution in [0.3, 0.4) is 0 Å². The molecule has 1 aliphatic carbocycles. The number of benzene rings is 2. The number of rotatable bonds is 9. The van der Waals surface area contributed by atoms with Crippen molar-refractivity contribution in [3.8, 4) is 0 Å². The number of hydrogen-bond acceptors (Lipinski definition) is 3. The van der Waals surface area contributed by atoms with Gasteiger partial charge in [-0.15, -0.1) is 0 Å². The first-order valence-corrected chi connectivity index (χ1v) is 12.5. The highest BCUT2D eigenvalue weighted by atomic mass is 16.5. The molecular weight excluding hydrogens is 420 g/mol. The second-order valence-corrected chi connectivity index (χ2v) is 10.5. The summed E-state index contributed by atoms with van der Waals surface area (Å²) in [4.78, 5) is 15.7. The van der Waals surface area contributed by atoms with E-state index in [9.17, 15) is 4.79 Å². The Morgan fingerprint density at radius 1 is 1.03 bits per heavy atom. The third kappa shape index (κ3) is 5.12. The molecule has 2 aliphatic rings. The Hall–Kier alpha value is -2.85. The van der Waals surface area contributed by atoms with Crippen LogP contribution in [0.4, 0.5) is 0 Å². The lowest BCUT2D eigenvalue weighted by molar-refractivity contribution is -0.122. The number of allylic oxidation sites excluding steroid dienone is 4. The van der Waals surface area contributed by atoms with Crippen LogP contribution < -0.4 is 5.73 Å². The summed E-state index contributed by atoms with van der Waals surface area (Å²) in [6.45, 7) is 8.68. The maximum Gasteiger partial charge on any atom is 0.232 e. The van der Waals surface area contributed by atoms with Crippen molar-refractivity contribution in [1.29, 1.82) is 0 Å². The van der Waals surface area contributed by atoms with Gasteiger partial charge in [0.25, 0.3) is 0 Å². The van der Waals surface area contributed by atoms with Gasteiger partial charge in [-0.05, 0) is 56.2 Å². The largest absolute Gasteiger partial charge is 0.493 e. The van der Waals surface area contributed by atoms with E-state index in [-0.39, 0.29) is 17.6 Å². The third-order valence-electron chi connectivity index (χ3n) is 7.63. The number of likely N-dealkylation sites (tertiary alicyclic amines) is 1. The number of carbonyl (C=O) groups excluding carboxylic acids is 1. The molecule has 2 aromatic rings. The minimum Gasteiger partial charge on any atom is -0.493 e. The highest BCUT2D eigenvalue weighted by Gasteiger charge is 2.43. The number of nitrogens with zero attached hydrogens (tertiary/aromatic N) is 1.